The van der Waals surface area contributed by atoms with E-state index in [9.17, 15) is 10.1 Å². The van der Waals surface area contributed by atoms with Crippen molar-refractivity contribution in [3.8, 4) is 0 Å². The Morgan fingerprint density at radius 1 is 1.56 bits per heavy atom. The maximum Gasteiger partial charge on any atom is 0.324 e. The average Bonchev–Trinajstić information content (AvgIpc) is 2.24. The van der Waals surface area contributed by atoms with Crippen LogP contribution in [-0.2, 0) is 0 Å². The van der Waals surface area contributed by atoms with E-state index in [0.29, 0.717) is 4.90 Å². The summed E-state index contributed by atoms with van der Waals surface area (Å²) in [5, 5.41) is 10.8. The monoisotopic (exact) mass is 241 g/mol. The predicted molar refractivity (Wildman–Crippen MR) is 65.6 cm³/mol. The lowest BCUT2D eigenvalue weighted by Crippen LogP contribution is -2.00. The second kappa shape index (κ2) is 6.32. The number of pyridine rings is 1. The van der Waals surface area contributed by atoms with Gasteiger partial charge in [0.15, 0.2) is 0 Å². The van der Waals surface area contributed by atoms with Crippen LogP contribution in [0.5, 0.6) is 0 Å². The SMILES string of the molecule is CCCCCSc1ccnc(N)c1[N+](=O)[O-]. The molecule has 5 nitrogen and oxygen atoms in total. The first-order valence-electron chi connectivity index (χ1n) is 5.18. The second-order valence-electron chi connectivity index (χ2n) is 3.36. The molecule has 0 saturated carbocycles. The Balaban J connectivity index is 2.71. The fourth-order valence-electron chi connectivity index (χ4n) is 1.29. The van der Waals surface area contributed by atoms with Crippen LogP contribution in [-0.4, -0.2) is 15.7 Å². The Hall–Kier alpha value is -1.30. The zero-order valence-electron chi connectivity index (χ0n) is 9.18. The third kappa shape index (κ3) is 3.37. The van der Waals surface area contributed by atoms with Crippen LogP contribution in [0.15, 0.2) is 17.2 Å². The van der Waals surface area contributed by atoms with E-state index in [1.54, 1.807) is 6.07 Å². The summed E-state index contributed by atoms with van der Waals surface area (Å²) < 4.78 is 0. The van der Waals surface area contributed by atoms with Crippen molar-refractivity contribution >= 4 is 23.3 Å². The molecule has 0 radical (unpaired) electrons. The van der Waals surface area contributed by atoms with Crippen LogP contribution in [0, 0.1) is 10.1 Å². The quantitative estimate of drug-likeness (QED) is 0.358. The van der Waals surface area contributed by atoms with E-state index in [1.807, 2.05) is 0 Å². The molecular formula is C10H15N3O2S. The number of thioether (sulfide) groups is 1. The highest BCUT2D eigenvalue weighted by Gasteiger charge is 2.18. The van der Waals surface area contributed by atoms with Crippen molar-refractivity contribution in [3.63, 3.8) is 0 Å². The van der Waals surface area contributed by atoms with Gasteiger partial charge in [-0.05, 0) is 18.2 Å². The number of nitrogen functional groups attached to an aromatic ring is 1. The molecule has 88 valence electrons. The first-order valence-corrected chi connectivity index (χ1v) is 6.17. The van der Waals surface area contributed by atoms with E-state index in [4.69, 9.17) is 5.73 Å². The summed E-state index contributed by atoms with van der Waals surface area (Å²) in [6.45, 7) is 2.12. The van der Waals surface area contributed by atoms with Gasteiger partial charge in [0.1, 0.15) is 0 Å². The third-order valence-corrected chi connectivity index (χ3v) is 3.24. The highest BCUT2D eigenvalue weighted by atomic mass is 32.2. The van der Waals surface area contributed by atoms with Gasteiger partial charge in [-0.15, -0.1) is 11.8 Å². The lowest BCUT2D eigenvalue weighted by atomic mass is 10.3. The summed E-state index contributed by atoms with van der Waals surface area (Å²) in [4.78, 5) is 14.7. The summed E-state index contributed by atoms with van der Waals surface area (Å²) in [6.07, 6.45) is 4.84. The Morgan fingerprint density at radius 2 is 2.31 bits per heavy atom. The predicted octanol–water partition coefficient (Wildman–Crippen LogP) is 2.85. The van der Waals surface area contributed by atoms with Crippen LogP contribution in [0.1, 0.15) is 26.2 Å². The maximum absolute atomic E-state index is 10.8. The largest absolute Gasteiger partial charge is 0.378 e. The van der Waals surface area contributed by atoms with Crippen LogP contribution >= 0.6 is 11.8 Å². The molecular weight excluding hydrogens is 226 g/mol. The molecule has 0 aliphatic rings. The van der Waals surface area contributed by atoms with Gasteiger partial charge in [-0.25, -0.2) is 4.98 Å². The minimum absolute atomic E-state index is 0.00880. The molecule has 1 aromatic rings. The van der Waals surface area contributed by atoms with Crippen LogP contribution in [0.2, 0.25) is 0 Å². The second-order valence-corrected chi connectivity index (χ2v) is 4.49. The van der Waals surface area contributed by atoms with Crippen molar-refractivity contribution in [2.45, 2.75) is 31.1 Å². The molecule has 0 atom stereocenters. The molecule has 0 saturated heterocycles. The van der Waals surface area contributed by atoms with Gasteiger partial charge in [0.25, 0.3) is 0 Å². The molecule has 0 aromatic carbocycles. The van der Waals surface area contributed by atoms with Gasteiger partial charge in [-0.2, -0.15) is 0 Å². The number of nitro groups is 1. The Labute approximate surface area is 98.6 Å². The lowest BCUT2D eigenvalue weighted by Gasteiger charge is -2.03. The van der Waals surface area contributed by atoms with E-state index < -0.39 is 4.92 Å². The standard InChI is InChI=1S/C10H15N3O2S/c1-2-3-4-7-16-8-5-6-12-10(11)9(8)13(14)15/h5-6H,2-4,7H2,1H3,(H2,11,12). The van der Waals surface area contributed by atoms with Crippen molar-refractivity contribution in [3.05, 3.63) is 22.4 Å². The molecule has 0 bridgehead atoms. The number of nitrogens with zero attached hydrogens (tertiary/aromatic N) is 2. The van der Waals surface area contributed by atoms with E-state index in [0.717, 1.165) is 25.0 Å². The summed E-state index contributed by atoms with van der Waals surface area (Å²) in [5.74, 6) is 0.864. The third-order valence-electron chi connectivity index (χ3n) is 2.10. The molecule has 1 aromatic heterocycles. The van der Waals surface area contributed by atoms with Gasteiger partial charge in [0.2, 0.25) is 5.82 Å². The molecule has 2 N–H and O–H groups in total. The molecule has 0 fully saturated rings. The number of nitrogens with two attached hydrogens (primary N) is 1. The molecule has 1 rings (SSSR count). The minimum Gasteiger partial charge on any atom is -0.378 e. The molecule has 0 aliphatic heterocycles. The van der Waals surface area contributed by atoms with E-state index >= 15 is 0 Å². The average molecular weight is 241 g/mol. The van der Waals surface area contributed by atoms with Gasteiger partial charge < -0.3 is 5.73 Å². The number of unbranched alkanes of at least 4 members (excludes halogenated alkanes) is 2. The van der Waals surface area contributed by atoms with Gasteiger partial charge in [-0.1, -0.05) is 19.8 Å². The number of hydrogen-bond acceptors (Lipinski definition) is 5. The van der Waals surface area contributed by atoms with Crippen LogP contribution in [0.4, 0.5) is 11.5 Å². The first kappa shape index (κ1) is 12.8. The number of rotatable bonds is 6. The number of anilines is 1. The van der Waals surface area contributed by atoms with Crippen molar-refractivity contribution in [2.24, 2.45) is 0 Å². The first-order chi connectivity index (χ1) is 7.66. The molecule has 6 heteroatoms. The Bertz CT molecular complexity index is 371. The maximum atomic E-state index is 10.8. The van der Waals surface area contributed by atoms with Crippen LogP contribution < -0.4 is 5.73 Å². The summed E-state index contributed by atoms with van der Waals surface area (Å²) in [6, 6.07) is 1.64. The minimum atomic E-state index is -0.468. The fourth-order valence-corrected chi connectivity index (χ4v) is 2.33. The summed E-state index contributed by atoms with van der Waals surface area (Å²) in [5.41, 5.74) is 5.42. The summed E-state index contributed by atoms with van der Waals surface area (Å²) in [7, 11) is 0. The van der Waals surface area contributed by atoms with Crippen LogP contribution in [0.25, 0.3) is 0 Å². The Morgan fingerprint density at radius 3 is 2.94 bits per heavy atom. The highest BCUT2D eigenvalue weighted by molar-refractivity contribution is 7.99. The molecule has 0 aliphatic carbocycles. The van der Waals surface area contributed by atoms with Gasteiger partial charge >= 0.3 is 5.69 Å². The van der Waals surface area contributed by atoms with Crippen molar-refractivity contribution in [1.82, 2.24) is 4.98 Å². The highest BCUT2D eigenvalue weighted by Crippen LogP contribution is 2.32. The van der Waals surface area contributed by atoms with E-state index in [1.165, 1.54) is 18.0 Å². The zero-order chi connectivity index (χ0) is 12.0. The molecule has 1 heterocycles. The molecule has 0 amide bonds. The van der Waals surface area contributed by atoms with Crippen LogP contribution in [0.3, 0.4) is 0 Å². The Kier molecular flexibility index (Phi) is 5.04. The normalized spacial score (nSPS) is 10.3. The van der Waals surface area contributed by atoms with Gasteiger partial charge in [0.05, 0.1) is 9.82 Å². The fraction of sp³-hybridized carbons (Fsp3) is 0.500. The topological polar surface area (TPSA) is 82.0 Å². The lowest BCUT2D eigenvalue weighted by molar-refractivity contribution is -0.387. The molecule has 16 heavy (non-hydrogen) atoms. The van der Waals surface area contributed by atoms with Gasteiger partial charge in [-0.3, -0.25) is 10.1 Å². The summed E-state index contributed by atoms with van der Waals surface area (Å²) >= 11 is 1.47. The molecule has 0 unspecified atom stereocenters. The molecule has 0 spiro atoms. The van der Waals surface area contributed by atoms with Crippen molar-refractivity contribution < 1.29 is 4.92 Å². The van der Waals surface area contributed by atoms with Gasteiger partial charge in [0, 0.05) is 6.20 Å². The number of hydrogen-bond donors (Lipinski definition) is 1. The zero-order valence-corrected chi connectivity index (χ0v) is 10.00. The van der Waals surface area contributed by atoms with E-state index in [2.05, 4.69) is 11.9 Å². The van der Waals surface area contributed by atoms with Crippen molar-refractivity contribution in [1.29, 1.82) is 0 Å². The van der Waals surface area contributed by atoms with Crippen molar-refractivity contribution in [2.75, 3.05) is 11.5 Å². The smallest absolute Gasteiger partial charge is 0.324 e. The number of aromatic nitrogens is 1. The van der Waals surface area contributed by atoms with E-state index in [-0.39, 0.29) is 11.5 Å².